The van der Waals surface area contributed by atoms with Gasteiger partial charge in [-0.25, -0.2) is 19.9 Å². The molecule has 0 radical (unpaired) electrons. The molecule has 0 amide bonds. The number of hydrogen-bond donors (Lipinski definition) is 1. The second kappa shape index (κ2) is 9.98. The third-order valence-electron chi connectivity index (χ3n) is 5.96. The van der Waals surface area contributed by atoms with Crippen LogP contribution in [0.2, 0.25) is 0 Å². The predicted octanol–water partition coefficient (Wildman–Crippen LogP) is 2.63. The van der Waals surface area contributed by atoms with Gasteiger partial charge in [0.05, 0.1) is 44.8 Å². The lowest BCUT2D eigenvalue weighted by molar-refractivity contribution is 0.303. The summed E-state index contributed by atoms with van der Waals surface area (Å²) < 4.78 is 16.7. The Balaban J connectivity index is 1.28. The number of anilines is 2. The Hall–Kier alpha value is -4.18. The molecule has 1 unspecified atom stereocenters. The fourth-order valence-corrected chi connectivity index (χ4v) is 4.14. The summed E-state index contributed by atoms with van der Waals surface area (Å²) in [5.74, 6) is 3.23. The van der Waals surface area contributed by atoms with Crippen molar-refractivity contribution in [2.45, 2.75) is 12.8 Å². The minimum Gasteiger partial charge on any atom is -0.493 e. The third-order valence-corrected chi connectivity index (χ3v) is 5.96. The van der Waals surface area contributed by atoms with Crippen molar-refractivity contribution in [3.8, 4) is 17.2 Å². The number of benzene rings is 2. The van der Waals surface area contributed by atoms with Crippen molar-refractivity contribution < 1.29 is 14.2 Å². The number of nitrogens with zero attached hydrogens (tertiary/aromatic N) is 6. The maximum absolute atomic E-state index is 6.59. The number of methoxy groups -OCH3 is 2. The van der Waals surface area contributed by atoms with Crippen LogP contribution in [0.25, 0.3) is 10.9 Å². The first-order valence-corrected chi connectivity index (χ1v) is 11.3. The van der Waals surface area contributed by atoms with E-state index in [1.165, 1.54) is 0 Å². The van der Waals surface area contributed by atoms with Gasteiger partial charge >= 0.3 is 0 Å². The molecule has 2 N–H and O–H groups in total. The molecule has 2 aromatic carbocycles. The molecule has 35 heavy (non-hydrogen) atoms. The Bertz CT molecular complexity index is 1290. The van der Waals surface area contributed by atoms with E-state index in [0.29, 0.717) is 49.4 Å². The number of rotatable bonds is 7. The smallest absolute Gasteiger partial charge is 0.225 e. The van der Waals surface area contributed by atoms with Gasteiger partial charge in [-0.2, -0.15) is 0 Å². The Kier molecular flexibility index (Phi) is 6.44. The summed E-state index contributed by atoms with van der Waals surface area (Å²) in [5.41, 5.74) is 8.44. The molecule has 4 aromatic rings. The van der Waals surface area contributed by atoms with Gasteiger partial charge in [0.25, 0.3) is 0 Å². The molecule has 10 heteroatoms. The van der Waals surface area contributed by atoms with E-state index in [1.807, 2.05) is 42.5 Å². The van der Waals surface area contributed by atoms with E-state index < -0.39 is 0 Å². The van der Waals surface area contributed by atoms with E-state index in [9.17, 15) is 0 Å². The van der Waals surface area contributed by atoms with Gasteiger partial charge in [-0.15, -0.1) is 0 Å². The van der Waals surface area contributed by atoms with Gasteiger partial charge in [0, 0.05) is 24.5 Å². The van der Waals surface area contributed by atoms with Crippen LogP contribution in [0.1, 0.15) is 5.56 Å². The van der Waals surface area contributed by atoms with E-state index >= 15 is 0 Å². The van der Waals surface area contributed by atoms with Crippen LogP contribution >= 0.6 is 0 Å². The summed E-state index contributed by atoms with van der Waals surface area (Å²) in [4.78, 5) is 22.1. The van der Waals surface area contributed by atoms with Gasteiger partial charge in [0.2, 0.25) is 5.95 Å². The van der Waals surface area contributed by atoms with E-state index in [-0.39, 0.29) is 6.17 Å². The molecular weight excluding hydrogens is 446 g/mol. The van der Waals surface area contributed by atoms with Crippen LogP contribution in [0, 0.1) is 0 Å². The molecule has 0 aliphatic carbocycles. The lowest BCUT2D eigenvalue weighted by Crippen LogP contribution is -2.58. The fourth-order valence-electron chi connectivity index (χ4n) is 4.14. The van der Waals surface area contributed by atoms with Crippen LogP contribution in [-0.2, 0) is 6.61 Å². The predicted molar refractivity (Wildman–Crippen MR) is 133 cm³/mol. The normalized spacial score (nSPS) is 15.8. The molecule has 0 spiro atoms. The van der Waals surface area contributed by atoms with Gasteiger partial charge in [0.1, 0.15) is 18.8 Å². The van der Waals surface area contributed by atoms with E-state index in [4.69, 9.17) is 19.9 Å². The number of ether oxygens (including phenoxy) is 3. The Morgan fingerprint density at radius 2 is 1.69 bits per heavy atom. The molecule has 1 saturated heterocycles. The quantitative estimate of drug-likeness (QED) is 0.430. The molecule has 0 saturated carbocycles. The first-order chi connectivity index (χ1) is 17.2. The molecular formula is C25H27N7O3. The average molecular weight is 474 g/mol. The molecule has 3 heterocycles. The zero-order chi connectivity index (χ0) is 24.2. The van der Waals surface area contributed by atoms with Gasteiger partial charge in [-0.05, 0) is 11.6 Å². The summed E-state index contributed by atoms with van der Waals surface area (Å²) in [6, 6.07) is 13.7. The largest absolute Gasteiger partial charge is 0.493 e. The second-order valence-corrected chi connectivity index (χ2v) is 8.12. The van der Waals surface area contributed by atoms with Crippen LogP contribution in [-0.4, -0.2) is 60.0 Å². The van der Waals surface area contributed by atoms with Crippen LogP contribution in [0.3, 0.4) is 0 Å². The van der Waals surface area contributed by atoms with Crippen molar-refractivity contribution in [2.75, 3.05) is 43.7 Å². The summed E-state index contributed by atoms with van der Waals surface area (Å²) >= 11 is 0. The molecule has 1 aliphatic heterocycles. The summed E-state index contributed by atoms with van der Waals surface area (Å²) in [5, 5.41) is 0.852. The standard InChI is InChI=1S/C25H27N7O3/c1-33-21-10-19-20(11-22(21)34-2)29-16-30-24(19)32-9-8-31(14-23(32)26)25-27-12-18(13-28-25)35-15-17-6-4-3-5-7-17/h3-7,10-13,16,23H,8-9,14-15,26H2,1-2H3. The van der Waals surface area contributed by atoms with Crippen molar-refractivity contribution >= 4 is 22.7 Å². The van der Waals surface area contributed by atoms with Gasteiger partial charge in [-0.3, -0.25) is 0 Å². The van der Waals surface area contributed by atoms with Crippen molar-refractivity contribution in [3.63, 3.8) is 0 Å². The lowest BCUT2D eigenvalue weighted by atomic mass is 10.1. The van der Waals surface area contributed by atoms with Gasteiger partial charge < -0.3 is 29.7 Å². The second-order valence-electron chi connectivity index (χ2n) is 8.12. The maximum atomic E-state index is 6.59. The average Bonchev–Trinajstić information content (AvgIpc) is 2.91. The van der Waals surface area contributed by atoms with Crippen LogP contribution in [0.5, 0.6) is 17.2 Å². The van der Waals surface area contributed by atoms with Crippen molar-refractivity contribution in [1.82, 2.24) is 19.9 Å². The molecule has 1 atom stereocenters. The first kappa shape index (κ1) is 22.6. The van der Waals surface area contributed by atoms with Crippen LogP contribution in [0.4, 0.5) is 11.8 Å². The van der Waals surface area contributed by atoms with E-state index in [1.54, 1.807) is 32.9 Å². The number of hydrogen-bond acceptors (Lipinski definition) is 10. The highest BCUT2D eigenvalue weighted by molar-refractivity contribution is 5.92. The summed E-state index contributed by atoms with van der Waals surface area (Å²) in [7, 11) is 3.21. The summed E-state index contributed by atoms with van der Waals surface area (Å²) in [6.07, 6.45) is 4.62. The Morgan fingerprint density at radius 3 is 2.40 bits per heavy atom. The lowest BCUT2D eigenvalue weighted by Gasteiger charge is -2.40. The van der Waals surface area contributed by atoms with Crippen LogP contribution in [0.15, 0.2) is 61.2 Å². The highest BCUT2D eigenvalue weighted by atomic mass is 16.5. The molecule has 10 nitrogen and oxygen atoms in total. The van der Waals surface area contributed by atoms with Crippen molar-refractivity contribution in [2.24, 2.45) is 5.73 Å². The molecule has 1 fully saturated rings. The number of nitrogens with two attached hydrogens (primary N) is 1. The monoisotopic (exact) mass is 473 g/mol. The molecule has 0 bridgehead atoms. The number of fused-ring (bicyclic) bond motifs is 1. The fraction of sp³-hybridized carbons (Fsp3) is 0.280. The van der Waals surface area contributed by atoms with Crippen molar-refractivity contribution in [3.05, 3.63) is 66.7 Å². The molecule has 2 aromatic heterocycles. The van der Waals surface area contributed by atoms with E-state index in [0.717, 1.165) is 22.3 Å². The van der Waals surface area contributed by atoms with Gasteiger partial charge in [0.15, 0.2) is 17.2 Å². The Labute approximate surface area is 203 Å². The SMILES string of the molecule is COc1cc2ncnc(N3CCN(c4ncc(OCc5ccccc5)cn4)CC3N)c2cc1OC. The Morgan fingerprint density at radius 1 is 0.943 bits per heavy atom. The first-order valence-electron chi connectivity index (χ1n) is 11.3. The number of aromatic nitrogens is 4. The summed E-state index contributed by atoms with van der Waals surface area (Å²) in [6.45, 7) is 2.35. The zero-order valence-electron chi connectivity index (χ0n) is 19.7. The third kappa shape index (κ3) is 4.73. The topological polar surface area (TPSA) is 112 Å². The van der Waals surface area contributed by atoms with Crippen molar-refractivity contribution in [1.29, 1.82) is 0 Å². The highest BCUT2D eigenvalue weighted by Crippen LogP contribution is 2.35. The highest BCUT2D eigenvalue weighted by Gasteiger charge is 2.28. The van der Waals surface area contributed by atoms with E-state index in [2.05, 4.69) is 29.7 Å². The zero-order valence-corrected chi connectivity index (χ0v) is 19.7. The molecule has 1 aliphatic rings. The van der Waals surface area contributed by atoms with Gasteiger partial charge in [-0.1, -0.05) is 30.3 Å². The number of piperazine rings is 1. The van der Waals surface area contributed by atoms with Crippen LogP contribution < -0.4 is 29.7 Å². The minimum absolute atomic E-state index is 0.312. The maximum Gasteiger partial charge on any atom is 0.225 e. The molecule has 180 valence electrons. The molecule has 5 rings (SSSR count). The minimum atomic E-state index is -0.312.